The lowest BCUT2D eigenvalue weighted by atomic mass is 9.64. The van der Waals surface area contributed by atoms with E-state index in [-0.39, 0.29) is 30.1 Å². The Morgan fingerprint density at radius 3 is 2.32 bits per heavy atom. The van der Waals surface area contributed by atoms with Gasteiger partial charge in [-0.2, -0.15) is 0 Å². The number of carbonyl (C=O) groups is 1. The Bertz CT molecular complexity index is 1310. The van der Waals surface area contributed by atoms with Crippen molar-refractivity contribution in [3.8, 4) is 0 Å². The zero-order chi connectivity index (χ0) is 28.5. The Hall–Kier alpha value is -2.74. The number of rotatable bonds is 9. The summed E-state index contributed by atoms with van der Waals surface area (Å²) in [5, 5.41) is 13.5. The summed E-state index contributed by atoms with van der Waals surface area (Å²) >= 11 is 0. The number of piperidine rings is 2. The molecule has 41 heavy (non-hydrogen) atoms. The predicted molar refractivity (Wildman–Crippen MR) is 160 cm³/mol. The average Bonchev–Trinajstić information content (AvgIpc) is 2.96. The van der Waals surface area contributed by atoms with Gasteiger partial charge in [-0.3, -0.25) is 14.5 Å². The fourth-order valence-corrected chi connectivity index (χ4v) is 9.01. The van der Waals surface area contributed by atoms with Gasteiger partial charge in [-0.25, -0.2) is 4.98 Å². The summed E-state index contributed by atoms with van der Waals surface area (Å²) in [5.41, 5.74) is 1.94. The van der Waals surface area contributed by atoms with Crippen LogP contribution in [0.2, 0.25) is 0 Å². The molecule has 2 aromatic rings. The zero-order valence-corrected chi connectivity index (χ0v) is 24.7. The summed E-state index contributed by atoms with van der Waals surface area (Å²) in [5.74, 6) is 1.77. The van der Waals surface area contributed by atoms with Crippen molar-refractivity contribution in [3.63, 3.8) is 0 Å². The molecule has 8 nitrogen and oxygen atoms in total. The monoisotopic (exact) mass is 562 g/mol. The molecule has 2 saturated heterocycles. The van der Waals surface area contributed by atoms with Gasteiger partial charge < -0.3 is 14.5 Å². The van der Waals surface area contributed by atoms with Crippen LogP contribution in [0.5, 0.6) is 0 Å². The lowest BCUT2D eigenvalue weighted by Gasteiger charge is -2.56. The second-order valence-electron chi connectivity index (χ2n) is 13.1. The summed E-state index contributed by atoms with van der Waals surface area (Å²) < 4.78 is 1.98. The van der Waals surface area contributed by atoms with E-state index in [1.54, 1.807) is 0 Å². The molecule has 1 aromatic carbocycles. The van der Waals surface area contributed by atoms with E-state index in [9.17, 15) is 14.7 Å². The number of aromatic nitrogens is 2. The SMILES string of the molecule is CCON=C(CCC(=O)O)c1nc2ccccc2n(C2CC3CCCC(C2)N3C2CC3CC(CC)CC(C3)C2)c1=O. The second kappa shape index (κ2) is 12.2. The van der Waals surface area contributed by atoms with Crippen LogP contribution < -0.4 is 5.56 Å². The number of oxime groups is 1. The van der Waals surface area contributed by atoms with Crippen LogP contribution in [0.4, 0.5) is 0 Å². The first-order chi connectivity index (χ1) is 19.9. The lowest BCUT2D eigenvalue weighted by molar-refractivity contribution is -0.136. The Labute approximate surface area is 243 Å². The van der Waals surface area contributed by atoms with Gasteiger partial charge in [-0.05, 0) is 94.6 Å². The van der Waals surface area contributed by atoms with E-state index < -0.39 is 5.97 Å². The van der Waals surface area contributed by atoms with Gasteiger partial charge >= 0.3 is 5.97 Å². The minimum atomic E-state index is -0.937. The maximum Gasteiger partial charge on any atom is 0.303 e. The number of para-hydroxylation sites is 2. The molecule has 222 valence electrons. The molecule has 4 aliphatic rings. The third-order valence-electron chi connectivity index (χ3n) is 10.5. The molecule has 4 atom stereocenters. The summed E-state index contributed by atoms with van der Waals surface area (Å²) in [7, 11) is 0. The van der Waals surface area contributed by atoms with Crippen LogP contribution in [0.25, 0.3) is 11.0 Å². The number of hydrogen-bond donors (Lipinski definition) is 1. The van der Waals surface area contributed by atoms with Gasteiger partial charge in [0, 0.05) is 30.6 Å². The van der Waals surface area contributed by atoms with Crippen molar-refractivity contribution in [1.82, 2.24) is 14.5 Å². The van der Waals surface area contributed by atoms with Crippen LogP contribution >= 0.6 is 0 Å². The Morgan fingerprint density at radius 1 is 0.951 bits per heavy atom. The first-order valence-corrected chi connectivity index (χ1v) is 16.1. The van der Waals surface area contributed by atoms with Gasteiger partial charge in [-0.15, -0.1) is 0 Å². The summed E-state index contributed by atoms with van der Waals surface area (Å²) in [6, 6.07) is 9.62. The van der Waals surface area contributed by atoms with Crippen LogP contribution in [0.1, 0.15) is 109 Å². The van der Waals surface area contributed by atoms with E-state index in [0.717, 1.165) is 41.6 Å². The minimum absolute atomic E-state index is 0.0843. The van der Waals surface area contributed by atoms with Crippen molar-refractivity contribution in [1.29, 1.82) is 0 Å². The molecule has 4 unspecified atom stereocenters. The average molecular weight is 563 g/mol. The van der Waals surface area contributed by atoms with Crippen LogP contribution in [0.15, 0.2) is 34.2 Å². The Balaban J connectivity index is 1.32. The Kier molecular flexibility index (Phi) is 8.47. The molecule has 2 aliphatic carbocycles. The molecule has 4 fully saturated rings. The standard InChI is InChI=1S/C33H46N4O4/c1-3-21-14-22-16-23(15-21)18-26(17-22)36-24-8-7-9-25(36)20-27(19-24)37-30-11-6-5-10-28(30)34-32(33(37)40)29(35-41-4-2)12-13-31(38)39/h5-6,10-11,21-27H,3-4,7-9,12-20H2,1-2H3,(H,38,39). The van der Waals surface area contributed by atoms with E-state index in [1.807, 2.05) is 35.8 Å². The van der Waals surface area contributed by atoms with E-state index in [1.165, 1.54) is 57.8 Å². The topological polar surface area (TPSA) is 97.0 Å². The highest BCUT2D eigenvalue weighted by molar-refractivity contribution is 6.00. The van der Waals surface area contributed by atoms with Crippen LogP contribution in [-0.2, 0) is 9.63 Å². The third-order valence-corrected chi connectivity index (χ3v) is 10.5. The molecule has 2 saturated carbocycles. The van der Waals surface area contributed by atoms with Crippen molar-refractivity contribution in [2.75, 3.05) is 6.61 Å². The second-order valence-corrected chi connectivity index (χ2v) is 13.1. The fourth-order valence-electron chi connectivity index (χ4n) is 9.01. The molecule has 0 radical (unpaired) electrons. The van der Waals surface area contributed by atoms with Crippen molar-refractivity contribution >= 4 is 22.7 Å². The number of carboxylic acid groups (broad SMARTS) is 1. The number of aliphatic carboxylic acids is 1. The molecular weight excluding hydrogens is 516 g/mol. The van der Waals surface area contributed by atoms with Crippen LogP contribution in [0, 0.1) is 17.8 Å². The van der Waals surface area contributed by atoms with Gasteiger partial charge in [-0.1, -0.05) is 37.1 Å². The van der Waals surface area contributed by atoms with E-state index in [0.29, 0.717) is 30.4 Å². The summed E-state index contributed by atoms with van der Waals surface area (Å²) in [6.07, 6.45) is 13.9. The summed E-state index contributed by atoms with van der Waals surface area (Å²) in [6.45, 7) is 4.52. The van der Waals surface area contributed by atoms with Crippen molar-refractivity contribution in [3.05, 3.63) is 40.3 Å². The van der Waals surface area contributed by atoms with Gasteiger partial charge in [0.25, 0.3) is 5.56 Å². The Morgan fingerprint density at radius 2 is 1.66 bits per heavy atom. The fraction of sp³-hybridized carbons (Fsp3) is 0.697. The van der Waals surface area contributed by atoms with Gasteiger partial charge in [0.15, 0.2) is 5.69 Å². The maximum absolute atomic E-state index is 14.2. The molecule has 0 amide bonds. The highest BCUT2D eigenvalue weighted by Crippen LogP contribution is 2.49. The molecule has 8 heteroatoms. The quantitative estimate of drug-likeness (QED) is 0.290. The highest BCUT2D eigenvalue weighted by Gasteiger charge is 2.46. The van der Waals surface area contributed by atoms with Crippen molar-refractivity contribution in [2.24, 2.45) is 22.9 Å². The van der Waals surface area contributed by atoms with Crippen molar-refractivity contribution < 1.29 is 14.7 Å². The molecule has 4 bridgehead atoms. The first-order valence-electron chi connectivity index (χ1n) is 16.1. The summed E-state index contributed by atoms with van der Waals surface area (Å²) in [4.78, 5) is 38.6. The number of benzene rings is 1. The minimum Gasteiger partial charge on any atom is -0.481 e. The van der Waals surface area contributed by atoms with Gasteiger partial charge in [0.1, 0.15) is 12.3 Å². The zero-order valence-electron chi connectivity index (χ0n) is 24.7. The highest BCUT2D eigenvalue weighted by atomic mass is 16.6. The number of fused-ring (bicyclic) bond motifs is 5. The predicted octanol–water partition coefficient (Wildman–Crippen LogP) is 6.16. The molecule has 2 aliphatic heterocycles. The number of hydrogen-bond acceptors (Lipinski definition) is 6. The van der Waals surface area contributed by atoms with E-state index in [4.69, 9.17) is 9.82 Å². The maximum atomic E-state index is 14.2. The largest absolute Gasteiger partial charge is 0.481 e. The van der Waals surface area contributed by atoms with Crippen molar-refractivity contribution in [2.45, 2.75) is 121 Å². The van der Waals surface area contributed by atoms with Crippen LogP contribution in [-0.4, -0.2) is 56.0 Å². The van der Waals surface area contributed by atoms with Gasteiger partial charge in [0.05, 0.1) is 17.5 Å². The molecular formula is C33H46N4O4. The smallest absolute Gasteiger partial charge is 0.303 e. The molecule has 1 aromatic heterocycles. The lowest BCUT2D eigenvalue weighted by Crippen LogP contribution is -2.59. The third kappa shape index (κ3) is 5.81. The van der Waals surface area contributed by atoms with E-state index >= 15 is 0 Å². The molecule has 6 rings (SSSR count). The van der Waals surface area contributed by atoms with Gasteiger partial charge in [0.2, 0.25) is 0 Å². The van der Waals surface area contributed by atoms with Crippen LogP contribution in [0.3, 0.4) is 0 Å². The molecule has 0 spiro atoms. The molecule has 1 N–H and O–H groups in total. The number of nitrogens with zero attached hydrogens (tertiary/aromatic N) is 4. The molecule has 3 heterocycles. The van der Waals surface area contributed by atoms with E-state index in [2.05, 4.69) is 17.0 Å². The normalized spacial score (nSPS) is 32.1. The number of carboxylic acids is 1. The first kappa shape index (κ1) is 28.4.